The molecular formula is C12H18ClN3O2S. The lowest BCUT2D eigenvalue weighted by Gasteiger charge is -2.15. The Morgan fingerprint density at radius 3 is 2.74 bits per heavy atom. The van der Waals surface area contributed by atoms with Crippen molar-refractivity contribution in [1.29, 1.82) is 0 Å². The number of sulfone groups is 1. The van der Waals surface area contributed by atoms with Crippen molar-refractivity contribution in [1.82, 2.24) is 9.97 Å². The second kappa shape index (κ2) is 5.63. The fraction of sp³-hybridized carbons (Fsp3) is 0.667. The molecule has 1 aliphatic heterocycles. The summed E-state index contributed by atoms with van der Waals surface area (Å²) in [5, 5.41) is 3.62. The summed E-state index contributed by atoms with van der Waals surface area (Å²) in [5.74, 6) is 1.76. The molecule has 0 saturated carbocycles. The number of aryl methyl sites for hydroxylation is 1. The minimum atomic E-state index is -2.90. The Kier molecular flexibility index (Phi) is 4.30. The summed E-state index contributed by atoms with van der Waals surface area (Å²) >= 11 is 6.09. The smallest absolute Gasteiger partial charge is 0.152 e. The van der Waals surface area contributed by atoms with Crippen molar-refractivity contribution in [3.05, 3.63) is 16.5 Å². The molecule has 1 aromatic rings. The molecule has 1 aliphatic rings. The van der Waals surface area contributed by atoms with Gasteiger partial charge in [0.15, 0.2) is 9.84 Å². The second-order valence-corrected chi connectivity index (χ2v) is 7.49. The van der Waals surface area contributed by atoms with Crippen molar-refractivity contribution in [3.63, 3.8) is 0 Å². The molecule has 1 fully saturated rings. The molecule has 1 saturated heterocycles. The molecule has 7 heteroatoms. The van der Waals surface area contributed by atoms with Gasteiger partial charge in [-0.3, -0.25) is 0 Å². The first-order valence-electron chi connectivity index (χ1n) is 6.41. The molecule has 0 amide bonds. The lowest BCUT2D eigenvalue weighted by atomic mass is 10.2. The molecule has 2 rings (SSSR count). The van der Waals surface area contributed by atoms with Gasteiger partial charge in [-0.1, -0.05) is 18.5 Å². The highest BCUT2D eigenvalue weighted by atomic mass is 35.5. The summed E-state index contributed by atoms with van der Waals surface area (Å²) in [4.78, 5) is 8.65. The van der Waals surface area contributed by atoms with Gasteiger partial charge in [-0.15, -0.1) is 0 Å². The van der Waals surface area contributed by atoms with Gasteiger partial charge in [0.1, 0.15) is 16.8 Å². The molecule has 5 nitrogen and oxygen atoms in total. The van der Waals surface area contributed by atoms with Gasteiger partial charge in [-0.05, 0) is 19.8 Å². The van der Waals surface area contributed by atoms with Crippen molar-refractivity contribution < 1.29 is 8.42 Å². The van der Waals surface area contributed by atoms with Crippen LogP contribution in [-0.2, 0) is 16.3 Å². The summed E-state index contributed by atoms with van der Waals surface area (Å²) < 4.78 is 22.9. The molecule has 1 atom stereocenters. The third kappa shape index (κ3) is 3.57. The molecule has 1 N–H and O–H groups in total. The minimum absolute atomic E-state index is 0.0795. The SMILES string of the molecule is CCCc1nc(Cl)c(C)c(NC2CCS(=O)(=O)C2)n1. The minimum Gasteiger partial charge on any atom is -0.366 e. The second-order valence-electron chi connectivity index (χ2n) is 4.90. The third-order valence-corrected chi connectivity index (χ3v) is 5.32. The average molecular weight is 304 g/mol. The number of aromatic nitrogens is 2. The van der Waals surface area contributed by atoms with E-state index in [9.17, 15) is 8.42 Å². The van der Waals surface area contributed by atoms with E-state index in [1.165, 1.54) is 0 Å². The predicted molar refractivity (Wildman–Crippen MR) is 76.5 cm³/mol. The van der Waals surface area contributed by atoms with Gasteiger partial charge in [-0.2, -0.15) is 0 Å². The van der Waals surface area contributed by atoms with Gasteiger partial charge in [-0.25, -0.2) is 18.4 Å². The third-order valence-electron chi connectivity index (χ3n) is 3.18. The van der Waals surface area contributed by atoms with Crippen molar-refractivity contribution in [2.24, 2.45) is 0 Å². The number of rotatable bonds is 4. The number of anilines is 1. The highest BCUT2D eigenvalue weighted by Gasteiger charge is 2.28. The summed E-state index contributed by atoms with van der Waals surface area (Å²) in [6, 6.07) is -0.0795. The molecule has 1 aromatic heterocycles. The van der Waals surface area contributed by atoms with E-state index >= 15 is 0 Å². The van der Waals surface area contributed by atoms with Crippen LogP contribution in [-0.4, -0.2) is 35.9 Å². The van der Waals surface area contributed by atoms with E-state index in [-0.39, 0.29) is 17.5 Å². The topological polar surface area (TPSA) is 72.0 Å². The van der Waals surface area contributed by atoms with Crippen molar-refractivity contribution in [3.8, 4) is 0 Å². The highest BCUT2D eigenvalue weighted by molar-refractivity contribution is 7.91. The number of halogens is 1. The fourth-order valence-corrected chi connectivity index (χ4v) is 3.97. The number of nitrogens with zero attached hydrogens (tertiary/aromatic N) is 2. The molecule has 0 radical (unpaired) electrons. The first-order valence-corrected chi connectivity index (χ1v) is 8.61. The van der Waals surface area contributed by atoms with Crippen LogP contribution in [0.3, 0.4) is 0 Å². The predicted octanol–water partition coefficient (Wildman–Crippen LogP) is 1.99. The summed E-state index contributed by atoms with van der Waals surface area (Å²) in [5.41, 5.74) is 0.769. The zero-order chi connectivity index (χ0) is 14.0. The number of hydrogen-bond acceptors (Lipinski definition) is 5. The van der Waals surface area contributed by atoms with Crippen molar-refractivity contribution in [2.75, 3.05) is 16.8 Å². The zero-order valence-corrected chi connectivity index (χ0v) is 12.7. The Morgan fingerprint density at radius 1 is 1.42 bits per heavy atom. The van der Waals surface area contributed by atoms with Crippen LogP contribution in [0.1, 0.15) is 31.2 Å². The van der Waals surface area contributed by atoms with E-state index in [1.54, 1.807) is 0 Å². The van der Waals surface area contributed by atoms with Crippen molar-refractivity contribution in [2.45, 2.75) is 39.2 Å². The van der Waals surface area contributed by atoms with E-state index in [1.807, 2.05) is 13.8 Å². The van der Waals surface area contributed by atoms with Gasteiger partial charge in [0.05, 0.1) is 11.5 Å². The monoisotopic (exact) mass is 303 g/mol. The molecular weight excluding hydrogens is 286 g/mol. The van der Waals surface area contributed by atoms with E-state index < -0.39 is 9.84 Å². The molecule has 0 aromatic carbocycles. The molecule has 0 aliphatic carbocycles. The van der Waals surface area contributed by atoms with Gasteiger partial charge >= 0.3 is 0 Å². The molecule has 0 bridgehead atoms. The maximum Gasteiger partial charge on any atom is 0.152 e. The maximum absolute atomic E-state index is 11.5. The molecule has 2 heterocycles. The van der Waals surface area contributed by atoms with Crippen LogP contribution in [0, 0.1) is 6.92 Å². The number of nitrogens with one attached hydrogen (secondary N) is 1. The lowest BCUT2D eigenvalue weighted by molar-refractivity contribution is 0.602. The largest absolute Gasteiger partial charge is 0.366 e. The van der Waals surface area contributed by atoms with Crippen LogP contribution in [0.5, 0.6) is 0 Å². The standard InChI is InChI=1S/C12H18ClN3O2S/c1-3-4-10-15-11(13)8(2)12(16-10)14-9-5-6-19(17,18)7-9/h9H,3-7H2,1-2H3,(H,14,15,16). The first-order chi connectivity index (χ1) is 8.91. The summed E-state index contributed by atoms with van der Waals surface area (Å²) in [6.07, 6.45) is 2.32. The summed E-state index contributed by atoms with van der Waals surface area (Å²) in [7, 11) is -2.90. The average Bonchev–Trinajstić information content (AvgIpc) is 2.65. The van der Waals surface area contributed by atoms with E-state index in [4.69, 9.17) is 11.6 Å². The Hall–Kier alpha value is -0.880. The van der Waals surface area contributed by atoms with Gasteiger partial charge in [0.2, 0.25) is 0 Å². The van der Waals surface area contributed by atoms with Crippen molar-refractivity contribution >= 4 is 27.3 Å². The van der Waals surface area contributed by atoms with E-state index in [0.717, 1.165) is 18.4 Å². The van der Waals surface area contributed by atoms with Crippen LogP contribution in [0.4, 0.5) is 5.82 Å². The fourth-order valence-electron chi connectivity index (χ4n) is 2.11. The van der Waals surface area contributed by atoms with Gasteiger partial charge < -0.3 is 5.32 Å². The molecule has 106 valence electrons. The lowest BCUT2D eigenvalue weighted by Crippen LogP contribution is -2.22. The quantitative estimate of drug-likeness (QED) is 0.861. The Labute approximate surface area is 118 Å². The van der Waals surface area contributed by atoms with E-state index in [2.05, 4.69) is 15.3 Å². The van der Waals surface area contributed by atoms with Gasteiger partial charge in [0, 0.05) is 18.0 Å². The first kappa shape index (κ1) is 14.5. The van der Waals surface area contributed by atoms with Crippen LogP contribution in [0.2, 0.25) is 5.15 Å². The Balaban J connectivity index is 2.20. The normalized spacial score (nSPS) is 21.5. The van der Waals surface area contributed by atoms with Crippen LogP contribution >= 0.6 is 11.6 Å². The van der Waals surface area contributed by atoms with Crippen LogP contribution < -0.4 is 5.32 Å². The van der Waals surface area contributed by atoms with Crippen LogP contribution in [0.15, 0.2) is 0 Å². The summed E-state index contributed by atoms with van der Waals surface area (Å²) in [6.45, 7) is 3.89. The Bertz CT molecular complexity index is 575. The highest BCUT2D eigenvalue weighted by Crippen LogP contribution is 2.23. The van der Waals surface area contributed by atoms with E-state index in [0.29, 0.717) is 23.2 Å². The zero-order valence-electron chi connectivity index (χ0n) is 11.1. The van der Waals surface area contributed by atoms with Crippen LogP contribution in [0.25, 0.3) is 0 Å². The molecule has 19 heavy (non-hydrogen) atoms. The number of hydrogen-bond donors (Lipinski definition) is 1. The Morgan fingerprint density at radius 2 is 2.16 bits per heavy atom. The molecule has 1 unspecified atom stereocenters. The van der Waals surface area contributed by atoms with Gasteiger partial charge in [0.25, 0.3) is 0 Å². The maximum atomic E-state index is 11.5. The molecule has 0 spiro atoms.